The Morgan fingerprint density at radius 1 is 0.392 bits per heavy atom. The molecule has 0 aliphatic rings. The van der Waals surface area contributed by atoms with Crippen LogP contribution >= 0.6 is 11.3 Å². The van der Waals surface area contributed by atoms with Crippen molar-refractivity contribution < 1.29 is 0 Å². The van der Waals surface area contributed by atoms with Crippen molar-refractivity contribution in [1.29, 1.82) is 0 Å². The van der Waals surface area contributed by atoms with E-state index in [2.05, 4.69) is 137 Å². The summed E-state index contributed by atoms with van der Waals surface area (Å²) in [7, 11) is 0. The number of rotatable bonds is 4. The van der Waals surface area contributed by atoms with Crippen LogP contribution in [0.15, 0.2) is 164 Å². The summed E-state index contributed by atoms with van der Waals surface area (Å²) in [6.45, 7) is 0. The molecule has 0 aliphatic carbocycles. The molecule has 0 radical (unpaired) electrons. The van der Waals surface area contributed by atoms with E-state index in [1.54, 1.807) is 0 Å². The second-order valence-electron chi connectivity index (χ2n) is 12.9. The second kappa shape index (κ2) is 10.9. The van der Waals surface area contributed by atoms with E-state index in [1.807, 2.05) is 47.7 Å². The third kappa shape index (κ3) is 4.24. The first kappa shape index (κ1) is 28.2. The van der Waals surface area contributed by atoms with Crippen LogP contribution in [-0.2, 0) is 0 Å². The van der Waals surface area contributed by atoms with E-state index in [4.69, 9.17) is 15.0 Å². The molecule has 0 N–H and O–H groups in total. The van der Waals surface area contributed by atoms with Gasteiger partial charge in [0.2, 0.25) is 5.95 Å². The summed E-state index contributed by atoms with van der Waals surface area (Å²) in [5.74, 6) is 1.86. The monoisotopic (exact) mass is 669 g/mol. The fraction of sp³-hybridized carbons (Fsp3) is 0. The molecule has 11 aromatic rings. The minimum absolute atomic E-state index is 0.587. The van der Waals surface area contributed by atoms with E-state index in [0.29, 0.717) is 17.6 Å². The Bertz CT molecular complexity index is 3080. The van der Waals surface area contributed by atoms with Gasteiger partial charge in [-0.25, -0.2) is 4.98 Å². The van der Waals surface area contributed by atoms with Crippen molar-refractivity contribution in [3.05, 3.63) is 164 Å². The molecular weight excluding hydrogens is 643 g/mol. The number of hydrogen-bond donors (Lipinski definition) is 0. The van der Waals surface area contributed by atoms with Gasteiger partial charge in [0.1, 0.15) is 0 Å². The molecule has 7 aromatic carbocycles. The summed E-state index contributed by atoms with van der Waals surface area (Å²) in [4.78, 5) is 15.4. The van der Waals surface area contributed by atoms with Crippen molar-refractivity contribution in [3.63, 3.8) is 0 Å². The molecule has 0 aliphatic heterocycles. The highest BCUT2D eigenvalue weighted by Crippen LogP contribution is 2.43. The van der Waals surface area contributed by atoms with Crippen LogP contribution in [0.25, 0.3) is 98.2 Å². The van der Waals surface area contributed by atoms with Gasteiger partial charge in [-0.2, -0.15) is 9.97 Å². The summed E-state index contributed by atoms with van der Waals surface area (Å²) in [6, 6.07) is 57.8. The van der Waals surface area contributed by atoms with Gasteiger partial charge in [-0.1, -0.05) is 121 Å². The van der Waals surface area contributed by atoms with E-state index in [0.717, 1.165) is 55.0 Å². The topological polar surface area (TPSA) is 48.5 Å². The van der Waals surface area contributed by atoms with Crippen molar-refractivity contribution in [1.82, 2.24) is 24.1 Å². The van der Waals surface area contributed by atoms with Crippen LogP contribution in [0.2, 0.25) is 0 Å². The number of fused-ring (bicyclic) bond motifs is 10. The van der Waals surface area contributed by atoms with E-state index in [-0.39, 0.29) is 0 Å². The Hall–Kier alpha value is -6.63. The van der Waals surface area contributed by atoms with E-state index in [9.17, 15) is 0 Å². The van der Waals surface area contributed by atoms with Gasteiger partial charge in [0.25, 0.3) is 0 Å². The Morgan fingerprint density at radius 2 is 0.980 bits per heavy atom. The normalized spacial score (nSPS) is 11.9. The number of nitrogens with zero attached hydrogens (tertiary/aromatic N) is 5. The van der Waals surface area contributed by atoms with Gasteiger partial charge in [0.05, 0.1) is 22.1 Å². The molecule has 0 unspecified atom stereocenters. The number of benzene rings is 7. The van der Waals surface area contributed by atoms with Gasteiger partial charge in [0, 0.05) is 58.5 Å². The molecule has 0 spiro atoms. The van der Waals surface area contributed by atoms with Crippen LogP contribution < -0.4 is 0 Å². The molecule has 0 fully saturated rings. The molecule has 4 heterocycles. The average molecular weight is 670 g/mol. The minimum atomic E-state index is 0.587. The first-order valence-electron chi connectivity index (χ1n) is 17.0. The summed E-state index contributed by atoms with van der Waals surface area (Å²) in [5.41, 5.74) is 7.43. The lowest BCUT2D eigenvalue weighted by Gasteiger charge is -2.12. The highest BCUT2D eigenvalue weighted by Gasteiger charge is 2.23. The van der Waals surface area contributed by atoms with Crippen LogP contribution in [0.1, 0.15) is 0 Å². The quantitative estimate of drug-likeness (QED) is 0.187. The zero-order valence-corrected chi connectivity index (χ0v) is 28.0. The van der Waals surface area contributed by atoms with Crippen LogP contribution in [-0.4, -0.2) is 24.1 Å². The largest absolute Gasteiger partial charge is 0.309 e. The SMILES string of the molecule is c1ccc(-c2nc(-c3ccccc3)nc(-n3c4ccccc4c4ccc5c(c6ccccc6n5-c5ccc6sc7ccccc7c6c5)c43)n2)cc1. The standard InChI is InChI=1S/C45H27N5S/c1-3-13-28(14-4-1)43-46-44(29-15-5-2-6-16-29)48-45(47-43)50-36-20-10-7-17-31(36)33-24-25-38-41(42(33)50)34-19-8-11-21-37(34)49(38)30-23-26-40-35(27-30)32-18-9-12-22-39(32)51-40/h1-27H. The smallest absolute Gasteiger partial charge is 0.238 e. The number of hydrogen-bond acceptors (Lipinski definition) is 4. The number of aromatic nitrogens is 5. The van der Waals surface area contributed by atoms with E-state index in [1.165, 1.54) is 25.6 Å². The van der Waals surface area contributed by atoms with Gasteiger partial charge in [-0.3, -0.25) is 4.57 Å². The molecule has 4 aromatic heterocycles. The maximum atomic E-state index is 5.22. The molecule has 5 nitrogen and oxygen atoms in total. The predicted octanol–water partition coefficient (Wildman–Crippen LogP) is 11.8. The van der Waals surface area contributed by atoms with Gasteiger partial charge < -0.3 is 4.57 Å². The van der Waals surface area contributed by atoms with E-state index < -0.39 is 0 Å². The second-order valence-corrected chi connectivity index (χ2v) is 13.9. The lowest BCUT2D eigenvalue weighted by molar-refractivity contribution is 0.955. The lowest BCUT2D eigenvalue weighted by Crippen LogP contribution is -2.06. The molecule has 0 amide bonds. The Morgan fingerprint density at radius 3 is 1.71 bits per heavy atom. The highest BCUT2D eigenvalue weighted by molar-refractivity contribution is 7.25. The Labute approximate surface area is 296 Å². The molecule has 51 heavy (non-hydrogen) atoms. The highest BCUT2D eigenvalue weighted by atomic mass is 32.1. The van der Waals surface area contributed by atoms with Crippen molar-refractivity contribution in [3.8, 4) is 34.4 Å². The van der Waals surface area contributed by atoms with Gasteiger partial charge in [0.15, 0.2) is 11.6 Å². The zero-order chi connectivity index (χ0) is 33.5. The minimum Gasteiger partial charge on any atom is -0.309 e. The fourth-order valence-corrected chi connectivity index (χ4v) is 8.83. The third-order valence-corrected chi connectivity index (χ3v) is 11.1. The van der Waals surface area contributed by atoms with Crippen molar-refractivity contribution in [2.45, 2.75) is 0 Å². The third-order valence-electron chi connectivity index (χ3n) is 9.98. The summed E-state index contributed by atoms with van der Waals surface area (Å²) < 4.78 is 7.26. The fourth-order valence-electron chi connectivity index (χ4n) is 7.75. The van der Waals surface area contributed by atoms with Gasteiger partial charge >= 0.3 is 0 Å². The molecule has 238 valence electrons. The first-order valence-corrected chi connectivity index (χ1v) is 17.9. The molecule has 0 saturated heterocycles. The van der Waals surface area contributed by atoms with Crippen LogP contribution in [0.4, 0.5) is 0 Å². The van der Waals surface area contributed by atoms with Crippen molar-refractivity contribution >= 4 is 75.1 Å². The maximum absolute atomic E-state index is 5.22. The first-order chi connectivity index (χ1) is 25.3. The maximum Gasteiger partial charge on any atom is 0.238 e. The number of para-hydroxylation sites is 2. The van der Waals surface area contributed by atoms with Crippen LogP contribution in [0.3, 0.4) is 0 Å². The molecule has 0 saturated carbocycles. The van der Waals surface area contributed by atoms with Crippen molar-refractivity contribution in [2.24, 2.45) is 0 Å². The molecular formula is C45H27N5S. The van der Waals surface area contributed by atoms with Crippen LogP contribution in [0, 0.1) is 0 Å². The molecule has 0 atom stereocenters. The number of thiophene rings is 1. The Balaban J connectivity index is 1.27. The van der Waals surface area contributed by atoms with E-state index >= 15 is 0 Å². The summed E-state index contributed by atoms with van der Waals surface area (Å²) >= 11 is 1.85. The average Bonchev–Trinajstić information content (AvgIpc) is 3.86. The van der Waals surface area contributed by atoms with Crippen molar-refractivity contribution in [2.75, 3.05) is 0 Å². The Kier molecular flexibility index (Phi) is 6.05. The molecule has 0 bridgehead atoms. The lowest BCUT2D eigenvalue weighted by atomic mass is 10.1. The van der Waals surface area contributed by atoms with Gasteiger partial charge in [-0.05, 0) is 42.5 Å². The predicted molar refractivity (Wildman–Crippen MR) is 212 cm³/mol. The summed E-state index contributed by atoms with van der Waals surface area (Å²) in [6.07, 6.45) is 0. The molecule has 11 rings (SSSR count). The summed E-state index contributed by atoms with van der Waals surface area (Å²) in [5, 5.41) is 7.22. The van der Waals surface area contributed by atoms with Crippen LogP contribution in [0.5, 0.6) is 0 Å². The van der Waals surface area contributed by atoms with Gasteiger partial charge in [-0.15, -0.1) is 11.3 Å². The molecule has 6 heteroatoms. The zero-order valence-electron chi connectivity index (χ0n) is 27.2.